The van der Waals surface area contributed by atoms with E-state index in [0.717, 1.165) is 5.56 Å². The second kappa shape index (κ2) is 7.11. The summed E-state index contributed by atoms with van der Waals surface area (Å²) in [4.78, 5) is 0.0752. The highest BCUT2D eigenvalue weighted by Crippen LogP contribution is 2.32. The number of sulfonamides is 1. The van der Waals surface area contributed by atoms with Crippen molar-refractivity contribution in [1.29, 1.82) is 0 Å². The highest BCUT2D eigenvalue weighted by Gasteiger charge is 2.33. The number of morpholine rings is 1. The van der Waals surface area contributed by atoms with E-state index in [1.165, 1.54) is 17.5 Å². The molecule has 1 aliphatic rings. The molecule has 1 unspecified atom stereocenters. The molecule has 3 rings (SSSR count). The van der Waals surface area contributed by atoms with E-state index < -0.39 is 10.0 Å². The highest BCUT2D eigenvalue weighted by molar-refractivity contribution is 7.89. The minimum atomic E-state index is -3.72. The quantitative estimate of drug-likeness (QED) is 0.833. The first-order valence-corrected chi connectivity index (χ1v) is 9.34. The van der Waals surface area contributed by atoms with Gasteiger partial charge in [0, 0.05) is 18.1 Å². The molecule has 0 amide bonds. The monoisotopic (exact) mass is 367 g/mol. The molecule has 0 radical (unpaired) electrons. The third-order valence-electron chi connectivity index (χ3n) is 3.94. The first kappa shape index (κ1) is 17.2. The van der Waals surface area contributed by atoms with Crippen molar-refractivity contribution in [2.75, 3.05) is 26.8 Å². The number of rotatable bonds is 4. The Bertz CT molecular complexity index is 811. The molecule has 7 heteroatoms. The molecule has 0 aromatic heterocycles. The predicted molar refractivity (Wildman–Crippen MR) is 91.9 cm³/mol. The summed E-state index contributed by atoms with van der Waals surface area (Å²) in [5.41, 5.74) is 0.954. The van der Waals surface area contributed by atoms with E-state index in [2.05, 4.69) is 0 Å². The van der Waals surface area contributed by atoms with Crippen LogP contribution in [0.15, 0.2) is 53.4 Å². The topological polar surface area (TPSA) is 55.8 Å². The average molecular weight is 368 g/mol. The van der Waals surface area contributed by atoms with Gasteiger partial charge in [-0.3, -0.25) is 0 Å². The molecule has 2 aromatic carbocycles. The Hall–Kier alpha value is -1.60. The Morgan fingerprint density at radius 3 is 2.67 bits per heavy atom. The third kappa shape index (κ3) is 3.42. The summed E-state index contributed by atoms with van der Waals surface area (Å²) in [6, 6.07) is 14.2. The fourth-order valence-electron chi connectivity index (χ4n) is 2.70. The second-order valence-corrected chi connectivity index (χ2v) is 7.77. The minimum Gasteiger partial charge on any atom is -0.495 e. The summed E-state index contributed by atoms with van der Waals surface area (Å²) in [6.07, 6.45) is -0.292. The van der Waals surface area contributed by atoms with Gasteiger partial charge in [0.25, 0.3) is 0 Å². The van der Waals surface area contributed by atoms with Gasteiger partial charge in [-0.05, 0) is 23.8 Å². The molecule has 0 N–H and O–H groups in total. The zero-order valence-corrected chi connectivity index (χ0v) is 14.8. The second-order valence-electron chi connectivity index (χ2n) is 5.43. The van der Waals surface area contributed by atoms with Gasteiger partial charge >= 0.3 is 0 Å². The van der Waals surface area contributed by atoms with Crippen molar-refractivity contribution in [2.24, 2.45) is 0 Å². The van der Waals surface area contributed by atoms with Gasteiger partial charge in [-0.2, -0.15) is 4.31 Å². The fourth-order valence-corrected chi connectivity index (χ4v) is 4.55. The number of nitrogens with zero attached hydrogens (tertiary/aromatic N) is 1. The van der Waals surface area contributed by atoms with Gasteiger partial charge < -0.3 is 9.47 Å². The molecule has 2 aromatic rings. The molecule has 24 heavy (non-hydrogen) atoms. The van der Waals surface area contributed by atoms with Crippen molar-refractivity contribution in [3.63, 3.8) is 0 Å². The Kier molecular flexibility index (Phi) is 5.10. The summed E-state index contributed by atoms with van der Waals surface area (Å²) < 4.78 is 38.4. The van der Waals surface area contributed by atoms with Crippen LogP contribution in [-0.4, -0.2) is 39.5 Å². The maximum Gasteiger partial charge on any atom is 0.246 e. The molecule has 1 atom stereocenters. The van der Waals surface area contributed by atoms with E-state index >= 15 is 0 Å². The lowest BCUT2D eigenvalue weighted by Crippen LogP contribution is -2.42. The normalized spacial score (nSPS) is 19.2. The number of benzene rings is 2. The summed E-state index contributed by atoms with van der Waals surface area (Å²) >= 11 is 5.98. The molecule has 1 heterocycles. The van der Waals surface area contributed by atoms with Crippen LogP contribution in [0.1, 0.15) is 11.7 Å². The number of ether oxygens (including phenoxy) is 2. The standard InChI is InChI=1S/C17H18ClNO4S/c1-22-15-8-7-14(18)11-17(15)24(20,21)19-9-10-23-16(12-19)13-5-3-2-4-6-13/h2-8,11,16H,9-10,12H2,1H3. The van der Waals surface area contributed by atoms with E-state index in [1.54, 1.807) is 12.1 Å². The molecular formula is C17H18ClNO4S. The molecule has 0 bridgehead atoms. The van der Waals surface area contributed by atoms with E-state index in [4.69, 9.17) is 21.1 Å². The van der Waals surface area contributed by atoms with Gasteiger partial charge in [-0.25, -0.2) is 8.42 Å². The van der Waals surface area contributed by atoms with Crippen molar-refractivity contribution >= 4 is 21.6 Å². The van der Waals surface area contributed by atoms with Crippen LogP contribution in [0.2, 0.25) is 5.02 Å². The first-order valence-electron chi connectivity index (χ1n) is 7.52. The van der Waals surface area contributed by atoms with Gasteiger partial charge in [0.15, 0.2) is 0 Å². The van der Waals surface area contributed by atoms with E-state index in [-0.39, 0.29) is 23.3 Å². The molecule has 128 valence electrons. The Morgan fingerprint density at radius 1 is 1.21 bits per heavy atom. The number of hydrogen-bond acceptors (Lipinski definition) is 4. The van der Waals surface area contributed by atoms with Gasteiger partial charge in [0.2, 0.25) is 10.0 Å². The van der Waals surface area contributed by atoms with E-state index in [0.29, 0.717) is 18.2 Å². The maximum atomic E-state index is 13.0. The predicted octanol–water partition coefficient (Wildman–Crippen LogP) is 3.11. The lowest BCUT2D eigenvalue weighted by Gasteiger charge is -2.32. The molecule has 5 nitrogen and oxygen atoms in total. The Labute approximate surface area is 146 Å². The van der Waals surface area contributed by atoms with Crippen LogP contribution >= 0.6 is 11.6 Å². The summed E-state index contributed by atoms with van der Waals surface area (Å²) in [7, 11) is -2.29. The lowest BCUT2D eigenvalue weighted by atomic mass is 10.1. The van der Waals surface area contributed by atoms with Gasteiger partial charge in [0.1, 0.15) is 10.6 Å². The smallest absolute Gasteiger partial charge is 0.246 e. The van der Waals surface area contributed by atoms with Crippen LogP contribution in [0, 0.1) is 0 Å². The van der Waals surface area contributed by atoms with Gasteiger partial charge in [-0.15, -0.1) is 0 Å². The fraction of sp³-hybridized carbons (Fsp3) is 0.294. The molecule has 0 saturated carbocycles. The van der Waals surface area contributed by atoms with Crippen LogP contribution in [0.3, 0.4) is 0 Å². The molecular weight excluding hydrogens is 350 g/mol. The number of hydrogen-bond donors (Lipinski definition) is 0. The lowest BCUT2D eigenvalue weighted by molar-refractivity contribution is -0.00258. The zero-order valence-electron chi connectivity index (χ0n) is 13.2. The molecule has 1 aliphatic heterocycles. The van der Waals surface area contributed by atoms with E-state index in [9.17, 15) is 8.42 Å². The number of halogens is 1. The first-order chi connectivity index (χ1) is 11.5. The minimum absolute atomic E-state index is 0.0752. The van der Waals surface area contributed by atoms with Crippen LogP contribution in [0.4, 0.5) is 0 Å². The molecule has 0 aliphatic carbocycles. The van der Waals surface area contributed by atoms with Crippen molar-refractivity contribution < 1.29 is 17.9 Å². The molecule has 1 saturated heterocycles. The SMILES string of the molecule is COc1ccc(Cl)cc1S(=O)(=O)N1CCOC(c2ccccc2)C1. The van der Waals surface area contributed by atoms with Crippen molar-refractivity contribution in [3.8, 4) is 5.75 Å². The average Bonchev–Trinajstić information content (AvgIpc) is 2.62. The van der Waals surface area contributed by atoms with Gasteiger partial charge in [0.05, 0.1) is 19.8 Å². The third-order valence-corrected chi connectivity index (χ3v) is 6.07. The summed E-state index contributed by atoms with van der Waals surface area (Å²) in [5, 5.41) is 0.349. The Morgan fingerprint density at radius 2 is 1.96 bits per heavy atom. The van der Waals surface area contributed by atoms with Crippen molar-refractivity contribution in [3.05, 3.63) is 59.1 Å². The van der Waals surface area contributed by atoms with Gasteiger partial charge in [-0.1, -0.05) is 41.9 Å². The summed E-state index contributed by atoms with van der Waals surface area (Å²) in [5.74, 6) is 0.280. The largest absolute Gasteiger partial charge is 0.495 e. The van der Waals surface area contributed by atoms with Crippen LogP contribution in [0.5, 0.6) is 5.75 Å². The zero-order chi connectivity index (χ0) is 17.2. The highest BCUT2D eigenvalue weighted by atomic mass is 35.5. The van der Waals surface area contributed by atoms with Crippen LogP contribution in [0.25, 0.3) is 0 Å². The van der Waals surface area contributed by atoms with Crippen molar-refractivity contribution in [1.82, 2.24) is 4.31 Å². The maximum absolute atomic E-state index is 13.0. The molecule has 1 fully saturated rings. The molecule has 0 spiro atoms. The van der Waals surface area contributed by atoms with Crippen LogP contribution in [-0.2, 0) is 14.8 Å². The van der Waals surface area contributed by atoms with Crippen LogP contribution < -0.4 is 4.74 Å². The van der Waals surface area contributed by atoms with Crippen molar-refractivity contribution in [2.45, 2.75) is 11.0 Å². The number of methoxy groups -OCH3 is 1. The van der Waals surface area contributed by atoms with E-state index in [1.807, 2.05) is 30.3 Å². The Balaban J connectivity index is 1.91. The summed E-state index contributed by atoms with van der Waals surface area (Å²) in [6.45, 7) is 0.880.